The van der Waals surface area contributed by atoms with E-state index in [9.17, 15) is 4.79 Å². The van der Waals surface area contributed by atoms with Gasteiger partial charge in [-0.15, -0.1) is 24.0 Å². The van der Waals surface area contributed by atoms with Crippen molar-refractivity contribution in [3.8, 4) is 0 Å². The Hall–Kier alpha value is -2.09. The number of anilines is 1. The number of aryl methyl sites for hydroxylation is 1. The summed E-state index contributed by atoms with van der Waals surface area (Å²) >= 11 is 0. The van der Waals surface area contributed by atoms with Crippen molar-refractivity contribution in [2.24, 2.45) is 16.6 Å². The number of fused-ring (bicyclic) bond motifs is 1. The highest BCUT2D eigenvalue weighted by Crippen LogP contribution is 2.37. The maximum absolute atomic E-state index is 12.3. The van der Waals surface area contributed by atoms with Crippen LogP contribution in [0.1, 0.15) is 42.0 Å². The summed E-state index contributed by atoms with van der Waals surface area (Å²) in [6.07, 6.45) is 5.21. The lowest BCUT2D eigenvalue weighted by molar-refractivity contribution is -0.127. The maximum atomic E-state index is 12.3. The van der Waals surface area contributed by atoms with Crippen LogP contribution < -0.4 is 11.1 Å². The predicted molar refractivity (Wildman–Crippen MR) is 129 cm³/mol. The van der Waals surface area contributed by atoms with Gasteiger partial charge in [-0.3, -0.25) is 9.79 Å². The molecule has 0 saturated carbocycles. The number of halogens is 1. The number of aliphatic imine (C=N–C) groups is 1. The SMILES string of the molecule is CN1C(=O)CC(CN=C(N)Nc2cccc3c2CCCC3)C1c1ccccc1.I. The van der Waals surface area contributed by atoms with Gasteiger partial charge in [0, 0.05) is 31.6 Å². The van der Waals surface area contributed by atoms with E-state index in [2.05, 4.69) is 40.6 Å². The number of nitrogens with one attached hydrogen (secondary N) is 1. The Labute approximate surface area is 189 Å². The minimum absolute atomic E-state index is 0. The molecule has 0 spiro atoms. The van der Waals surface area contributed by atoms with Gasteiger partial charge in [-0.05, 0) is 48.4 Å². The lowest BCUT2D eigenvalue weighted by Gasteiger charge is -2.24. The van der Waals surface area contributed by atoms with Gasteiger partial charge in [0.2, 0.25) is 5.91 Å². The molecule has 2 aliphatic rings. The maximum Gasteiger partial charge on any atom is 0.223 e. The molecule has 1 saturated heterocycles. The Morgan fingerprint density at radius 2 is 1.90 bits per heavy atom. The average molecular weight is 504 g/mol. The van der Waals surface area contributed by atoms with Gasteiger partial charge in [-0.1, -0.05) is 42.5 Å². The molecule has 1 aliphatic heterocycles. The Morgan fingerprint density at radius 1 is 1.14 bits per heavy atom. The summed E-state index contributed by atoms with van der Waals surface area (Å²) in [4.78, 5) is 18.7. The number of carbonyl (C=O) groups is 1. The molecule has 0 radical (unpaired) electrons. The highest BCUT2D eigenvalue weighted by atomic mass is 127. The van der Waals surface area contributed by atoms with Crippen LogP contribution in [0.3, 0.4) is 0 Å². The van der Waals surface area contributed by atoms with E-state index in [1.165, 1.54) is 24.0 Å². The second kappa shape index (κ2) is 9.61. The molecule has 1 aliphatic carbocycles. The van der Waals surface area contributed by atoms with Crippen LogP contribution in [0.4, 0.5) is 5.69 Å². The summed E-state index contributed by atoms with van der Waals surface area (Å²) in [6, 6.07) is 16.6. The molecule has 0 bridgehead atoms. The van der Waals surface area contributed by atoms with Gasteiger partial charge in [0.25, 0.3) is 0 Å². The smallest absolute Gasteiger partial charge is 0.223 e. The number of hydrogen-bond acceptors (Lipinski definition) is 2. The third-order valence-corrected chi connectivity index (χ3v) is 5.99. The second-order valence-electron chi connectivity index (χ2n) is 7.83. The Morgan fingerprint density at radius 3 is 2.69 bits per heavy atom. The van der Waals surface area contributed by atoms with E-state index in [4.69, 9.17) is 5.73 Å². The van der Waals surface area contributed by atoms with Crippen molar-refractivity contribution in [3.63, 3.8) is 0 Å². The number of likely N-dealkylation sites (tertiary alicyclic amines) is 1. The van der Waals surface area contributed by atoms with E-state index in [1.54, 1.807) is 0 Å². The first-order chi connectivity index (χ1) is 13.6. The molecule has 154 valence electrons. The molecule has 3 N–H and O–H groups in total. The number of carbonyl (C=O) groups excluding carboxylic acids is 1. The van der Waals surface area contributed by atoms with E-state index in [0.717, 1.165) is 24.1 Å². The molecule has 6 heteroatoms. The van der Waals surface area contributed by atoms with Crippen molar-refractivity contribution in [1.29, 1.82) is 0 Å². The first-order valence-electron chi connectivity index (χ1n) is 10.1. The van der Waals surface area contributed by atoms with Crippen LogP contribution in [0, 0.1) is 5.92 Å². The predicted octanol–water partition coefficient (Wildman–Crippen LogP) is 4.13. The van der Waals surface area contributed by atoms with Gasteiger partial charge in [0.05, 0.1) is 6.04 Å². The Bertz CT molecular complexity index is 884. The molecule has 4 rings (SSSR count). The van der Waals surface area contributed by atoms with Gasteiger partial charge < -0.3 is 16.0 Å². The van der Waals surface area contributed by atoms with Crippen molar-refractivity contribution in [3.05, 3.63) is 65.2 Å². The van der Waals surface area contributed by atoms with Gasteiger partial charge >= 0.3 is 0 Å². The number of amides is 1. The minimum Gasteiger partial charge on any atom is -0.370 e. The monoisotopic (exact) mass is 504 g/mol. The van der Waals surface area contributed by atoms with Crippen LogP contribution >= 0.6 is 24.0 Å². The van der Waals surface area contributed by atoms with Gasteiger partial charge in [-0.2, -0.15) is 0 Å². The number of rotatable bonds is 4. The zero-order valence-corrected chi connectivity index (χ0v) is 19.1. The Kier molecular flexibility index (Phi) is 7.16. The minimum atomic E-state index is 0. The summed E-state index contributed by atoms with van der Waals surface area (Å²) in [5, 5.41) is 3.30. The van der Waals surface area contributed by atoms with E-state index in [0.29, 0.717) is 18.9 Å². The van der Waals surface area contributed by atoms with Crippen LogP contribution in [-0.2, 0) is 17.6 Å². The van der Waals surface area contributed by atoms with Crippen molar-refractivity contribution < 1.29 is 4.79 Å². The molecule has 2 atom stereocenters. The van der Waals surface area contributed by atoms with Crippen LogP contribution in [0.15, 0.2) is 53.5 Å². The van der Waals surface area contributed by atoms with Crippen molar-refractivity contribution in [2.45, 2.75) is 38.1 Å². The summed E-state index contributed by atoms with van der Waals surface area (Å²) < 4.78 is 0. The molecular weight excluding hydrogens is 475 g/mol. The standard InChI is InChI=1S/C23H28N4O.HI/c1-27-21(28)14-18(22(27)17-9-3-2-4-10-17)15-25-23(24)26-20-13-7-11-16-8-5-6-12-19(16)20;/h2-4,7,9-11,13,18,22H,5-6,8,12,14-15H2,1H3,(H3,24,25,26);1H. The number of nitrogens with zero attached hydrogens (tertiary/aromatic N) is 2. The van der Waals surface area contributed by atoms with Crippen LogP contribution in [0.2, 0.25) is 0 Å². The summed E-state index contributed by atoms with van der Waals surface area (Å²) in [5.74, 6) is 0.718. The largest absolute Gasteiger partial charge is 0.370 e. The molecule has 29 heavy (non-hydrogen) atoms. The highest BCUT2D eigenvalue weighted by molar-refractivity contribution is 14.0. The fourth-order valence-electron chi connectivity index (χ4n) is 4.55. The molecule has 2 aromatic carbocycles. The van der Waals surface area contributed by atoms with Crippen molar-refractivity contribution in [2.75, 3.05) is 18.9 Å². The lowest BCUT2D eigenvalue weighted by Crippen LogP contribution is -2.27. The van der Waals surface area contributed by atoms with E-state index < -0.39 is 0 Å². The van der Waals surface area contributed by atoms with Crippen LogP contribution in [0.5, 0.6) is 0 Å². The zero-order valence-electron chi connectivity index (χ0n) is 16.8. The first-order valence-corrected chi connectivity index (χ1v) is 10.1. The number of hydrogen-bond donors (Lipinski definition) is 2. The van der Waals surface area contributed by atoms with Gasteiger partial charge in [-0.25, -0.2) is 0 Å². The normalized spacial score (nSPS) is 21.5. The lowest BCUT2D eigenvalue weighted by atomic mass is 9.90. The molecule has 0 aromatic heterocycles. The third kappa shape index (κ3) is 4.74. The van der Waals surface area contributed by atoms with Crippen molar-refractivity contribution in [1.82, 2.24) is 4.90 Å². The van der Waals surface area contributed by atoms with E-state index >= 15 is 0 Å². The van der Waals surface area contributed by atoms with E-state index in [1.807, 2.05) is 30.1 Å². The molecule has 5 nitrogen and oxygen atoms in total. The van der Waals surface area contributed by atoms with Crippen LogP contribution in [-0.4, -0.2) is 30.4 Å². The summed E-state index contributed by atoms with van der Waals surface area (Å²) in [5.41, 5.74) is 11.2. The molecule has 1 amide bonds. The molecule has 2 unspecified atom stereocenters. The number of guanidine groups is 1. The summed E-state index contributed by atoms with van der Waals surface area (Å²) in [7, 11) is 1.88. The first kappa shape index (κ1) is 21.6. The molecule has 2 aromatic rings. The fraction of sp³-hybridized carbons (Fsp3) is 0.391. The molecule has 1 heterocycles. The van der Waals surface area contributed by atoms with E-state index in [-0.39, 0.29) is 41.8 Å². The number of nitrogens with two attached hydrogens (primary N) is 1. The molecule has 1 fully saturated rings. The topological polar surface area (TPSA) is 70.7 Å². The van der Waals surface area contributed by atoms with Crippen LogP contribution in [0.25, 0.3) is 0 Å². The third-order valence-electron chi connectivity index (χ3n) is 5.99. The van der Waals surface area contributed by atoms with Gasteiger partial charge in [0.15, 0.2) is 5.96 Å². The average Bonchev–Trinajstić information content (AvgIpc) is 3.01. The Balaban J connectivity index is 0.00000240. The van der Waals surface area contributed by atoms with Crippen molar-refractivity contribution >= 4 is 41.5 Å². The fourth-order valence-corrected chi connectivity index (χ4v) is 4.55. The van der Waals surface area contributed by atoms with Gasteiger partial charge in [0.1, 0.15) is 0 Å². The highest BCUT2D eigenvalue weighted by Gasteiger charge is 2.38. The number of benzene rings is 2. The summed E-state index contributed by atoms with van der Waals surface area (Å²) in [6.45, 7) is 0.531. The second-order valence-corrected chi connectivity index (χ2v) is 7.83. The molecular formula is C23H29IN4O. The zero-order chi connectivity index (χ0) is 19.5. The quantitative estimate of drug-likeness (QED) is 0.374.